The first kappa shape index (κ1) is 18.8. The summed E-state index contributed by atoms with van der Waals surface area (Å²) in [5.74, 6) is 2.81. The summed E-state index contributed by atoms with van der Waals surface area (Å²) in [6.45, 7) is 3.24. The maximum absolute atomic E-state index is 12.4. The van der Waals surface area contributed by atoms with E-state index in [4.69, 9.17) is 18.9 Å². The molecule has 3 rings (SSSR count). The van der Waals surface area contributed by atoms with E-state index in [9.17, 15) is 4.79 Å². The molecule has 1 atom stereocenters. The van der Waals surface area contributed by atoms with Crippen molar-refractivity contribution in [3.05, 3.63) is 47.5 Å². The summed E-state index contributed by atoms with van der Waals surface area (Å²) < 4.78 is 21.2. The van der Waals surface area contributed by atoms with Crippen LogP contribution in [0.5, 0.6) is 23.0 Å². The minimum Gasteiger partial charge on any atom is -0.493 e. The summed E-state index contributed by atoms with van der Waals surface area (Å²) in [5.41, 5.74) is 2.03. The quantitative estimate of drug-likeness (QED) is 0.727. The van der Waals surface area contributed by atoms with Crippen molar-refractivity contribution in [1.29, 1.82) is 0 Å². The zero-order valence-corrected chi connectivity index (χ0v) is 15.8. The Balaban J connectivity index is 1.49. The van der Waals surface area contributed by atoms with E-state index in [-0.39, 0.29) is 18.7 Å². The number of nitrogens with one attached hydrogen (secondary N) is 1. The maximum Gasteiger partial charge on any atom is 0.278 e. The SMILES string of the molecule is COc1ccc(C[NH2+][C@H](C)C(=O)NCc2ccc3c(c2)OCO3)cc1OC. The van der Waals surface area contributed by atoms with Crippen LogP contribution in [0, 0.1) is 0 Å². The number of nitrogens with two attached hydrogens (primary N) is 1. The molecule has 2 aromatic rings. The number of quaternary nitrogens is 1. The van der Waals surface area contributed by atoms with Gasteiger partial charge in [0.05, 0.1) is 14.2 Å². The van der Waals surface area contributed by atoms with Gasteiger partial charge in [0.1, 0.15) is 6.54 Å². The second kappa shape index (κ2) is 8.64. The number of rotatable bonds is 8. The van der Waals surface area contributed by atoms with Gasteiger partial charge >= 0.3 is 0 Å². The van der Waals surface area contributed by atoms with E-state index in [0.29, 0.717) is 24.6 Å². The predicted octanol–water partition coefficient (Wildman–Crippen LogP) is 1.20. The number of carbonyl (C=O) groups excluding carboxylic acids is 1. The number of methoxy groups -OCH3 is 2. The molecule has 0 radical (unpaired) electrons. The molecule has 0 bridgehead atoms. The topological polar surface area (TPSA) is 82.6 Å². The number of benzene rings is 2. The summed E-state index contributed by atoms with van der Waals surface area (Å²) in [7, 11) is 3.22. The molecule has 0 spiro atoms. The molecule has 0 aromatic heterocycles. The van der Waals surface area contributed by atoms with E-state index in [1.165, 1.54) is 0 Å². The van der Waals surface area contributed by atoms with Crippen molar-refractivity contribution in [2.75, 3.05) is 21.0 Å². The van der Waals surface area contributed by atoms with E-state index in [0.717, 1.165) is 22.6 Å². The third kappa shape index (κ3) is 4.62. The highest BCUT2D eigenvalue weighted by atomic mass is 16.7. The van der Waals surface area contributed by atoms with E-state index in [2.05, 4.69) is 5.32 Å². The molecule has 0 unspecified atom stereocenters. The third-order valence-corrected chi connectivity index (χ3v) is 4.47. The van der Waals surface area contributed by atoms with Gasteiger partial charge in [-0.2, -0.15) is 0 Å². The standard InChI is InChI=1S/C20H24N2O5/c1-13(21-10-14-4-6-16(24-2)18(8-14)25-3)20(23)22-11-15-5-7-17-19(9-15)27-12-26-17/h4-9,13,21H,10-12H2,1-3H3,(H,22,23)/p+1/t13-/m1/s1. The van der Waals surface area contributed by atoms with Gasteiger partial charge in [0, 0.05) is 12.1 Å². The van der Waals surface area contributed by atoms with Crippen LogP contribution in [0.3, 0.4) is 0 Å². The van der Waals surface area contributed by atoms with E-state index >= 15 is 0 Å². The Bertz CT molecular complexity index is 809. The minimum absolute atomic E-state index is 0.0202. The molecule has 2 aromatic carbocycles. The second-order valence-corrected chi connectivity index (χ2v) is 6.32. The molecule has 0 aliphatic carbocycles. The molecular weight excluding hydrogens is 348 g/mol. The highest BCUT2D eigenvalue weighted by molar-refractivity contribution is 5.79. The Labute approximate surface area is 158 Å². The fraction of sp³-hybridized carbons (Fsp3) is 0.350. The largest absolute Gasteiger partial charge is 0.493 e. The van der Waals surface area contributed by atoms with Crippen LogP contribution in [0.15, 0.2) is 36.4 Å². The van der Waals surface area contributed by atoms with E-state index < -0.39 is 0 Å². The Morgan fingerprint density at radius 1 is 1.07 bits per heavy atom. The van der Waals surface area contributed by atoms with Gasteiger partial charge in [-0.05, 0) is 42.8 Å². The van der Waals surface area contributed by atoms with Crippen molar-refractivity contribution in [3.63, 3.8) is 0 Å². The van der Waals surface area contributed by atoms with Crippen molar-refractivity contribution in [2.24, 2.45) is 0 Å². The summed E-state index contributed by atoms with van der Waals surface area (Å²) in [5, 5.41) is 4.94. The van der Waals surface area contributed by atoms with E-state index in [1.54, 1.807) is 14.2 Å². The molecule has 0 saturated carbocycles. The number of hydrogen-bond acceptors (Lipinski definition) is 5. The molecule has 0 saturated heterocycles. The molecule has 1 aliphatic heterocycles. The number of ether oxygens (including phenoxy) is 4. The zero-order chi connectivity index (χ0) is 19.2. The molecule has 7 heteroatoms. The molecule has 144 valence electrons. The lowest BCUT2D eigenvalue weighted by atomic mass is 10.1. The Hall–Kier alpha value is -2.93. The first-order valence-corrected chi connectivity index (χ1v) is 8.81. The fourth-order valence-corrected chi connectivity index (χ4v) is 2.83. The summed E-state index contributed by atoms with van der Waals surface area (Å²) in [4.78, 5) is 12.4. The van der Waals surface area contributed by atoms with Crippen LogP contribution in [0.25, 0.3) is 0 Å². The lowest BCUT2D eigenvalue weighted by molar-refractivity contribution is -0.689. The zero-order valence-electron chi connectivity index (χ0n) is 15.8. The Kier molecular flexibility index (Phi) is 6.03. The van der Waals surface area contributed by atoms with Gasteiger partial charge in [0.2, 0.25) is 6.79 Å². The molecule has 3 N–H and O–H groups in total. The highest BCUT2D eigenvalue weighted by Crippen LogP contribution is 2.32. The molecule has 1 heterocycles. The molecular formula is C20H25N2O5+. The Morgan fingerprint density at radius 2 is 1.81 bits per heavy atom. The first-order chi connectivity index (χ1) is 13.1. The molecule has 7 nitrogen and oxygen atoms in total. The summed E-state index contributed by atoms with van der Waals surface area (Å²) in [6.07, 6.45) is 0. The van der Waals surface area contributed by atoms with Crippen LogP contribution in [0.4, 0.5) is 0 Å². The number of carbonyl (C=O) groups is 1. The van der Waals surface area contributed by atoms with Gasteiger partial charge in [-0.15, -0.1) is 0 Å². The Morgan fingerprint density at radius 3 is 2.59 bits per heavy atom. The van der Waals surface area contributed by atoms with Crippen LogP contribution in [0.1, 0.15) is 18.1 Å². The van der Waals surface area contributed by atoms with Gasteiger partial charge in [0.25, 0.3) is 5.91 Å². The van der Waals surface area contributed by atoms with E-state index in [1.807, 2.05) is 48.6 Å². The van der Waals surface area contributed by atoms with Crippen molar-refractivity contribution < 1.29 is 29.1 Å². The van der Waals surface area contributed by atoms with Crippen molar-refractivity contribution in [3.8, 4) is 23.0 Å². The van der Waals surface area contributed by atoms with Crippen molar-refractivity contribution in [1.82, 2.24) is 5.32 Å². The predicted molar refractivity (Wildman–Crippen MR) is 99.0 cm³/mol. The molecule has 1 aliphatic rings. The number of hydrogen-bond donors (Lipinski definition) is 2. The average Bonchev–Trinajstić information content (AvgIpc) is 3.17. The van der Waals surface area contributed by atoms with Gasteiger partial charge < -0.3 is 29.6 Å². The molecule has 1 amide bonds. The maximum atomic E-state index is 12.4. The minimum atomic E-state index is -0.216. The normalized spacial score (nSPS) is 13.1. The van der Waals surface area contributed by atoms with Gasteiger partial charge in [0.15, 0.2) is 29.0 Å². The van der Waals surface area contributed by atoms with Crippen LogP contribution in [-0.4, -0.2) is 33.0 Å². The van der Waals surface area contributed by atoms with Crippen molar-refractivity contribution >= 4 is 5.91 Å². The third-order valence-electron chi connectivity index (χ3n) is 4.47. The van der Waals surface area contributed by atoms with Gasteiger partial charge in [-0.1, -0.05) is 6.07 Å². The summed E-state index contributed by atoms with van der Waals surface area (Å²) >= 11 is 0. The highest BCUT2D eigenvalue weighted by Gasteiger charge is 2.17. The van der Waals surface area contributed by atoms with Crippen LogP contribution in [-0.2, 0) is 17.9 Å². The lowest BCUT2D eigenvalue weighted by Crippen LogP contribution is -2.90. The monoisotopic (exact) mass is 373 g/mol. The molecule has 27 heavy (non-hydrogen) atoms. The van der Waals surface area contributed by atoms with Crippen molar-refractivity contribution in [2.45, 2.75) is 26.1 Å². The van der Waals surface area contributed by atoms with Crippen LogP contribution >= 0.6 is 0 Å². The van der Waals surface area contributed by atoms with Crippen LogP contribution < -0.4 is 29.6 Å². The first-order valence-electron chi connectivity index (χ1n) is 8.81. The smallest absolute Gasteiger partial charge is 0.278 e. The van der Waals surface area contributed by atoms with Gasteiger partial charge in [-0.25, -0.2) is 0 Å². The number of amides is 1. The fourth-order valence-electron chi connectivity index (χ4n) is 2.83. The lowest BCUT2D eigenvalue weighted by Gasteiger charge is -2.13. The summed E-state index contributed by atoms with van der Waals surface area (Å²) in [6, 6.07) is 11.2. The number of fused-ring (bicyclic) bond motifs is 1. The van der Waals surface area contributed by atoms with Gasteiger partial charge in [-0.3, -0.25) is 4.79 Å². The molecule has 0 fully saturated rings. The average molecular weight is 373 g/mol. The van der Waals surface area contributed by atoms with Crippen LogP contribution in [0.2, 0.25) is 0 Å². The second-order valence-electron chi connectivity index (χ2n) is 6.32.